The average Bonchev–Trinajstić information content (AvgIpc) is 2.81. The first-order valence-corrected chi connectivity index (χ1v) is 5.83. The van der Waals surface area contributed by atoms with E-state index in [1.165, 1.54) is 18.2 Å². The zero-order chi connectivity index (χ0) is 13.2. The molecule has 18 heavy (non-hydrogen) atoms. The number of amides is 1. The van der Waals surface area contributed by atoms with Crippen molar-refractivity contribution in [1.29, 1.82) is 5.26 Å². The molecular formula is C13H14N2O3. The molecule has 1 aromatic rings. The highest BCUT2D eigenvalue weighted by Crippen LogP contribution is 2.32. The van der Waals surface area contributed by atoms with Gasteiger partial charge >= 0.3 is 0 Å². The Morgan fingerprint density at radius 1 is 1.33 bits per heavy atom. The number of phenols is 2. The van der Waals surface area contributed by atoms with Gasteiger partial charge in [-0.15, -0.1) is 0 Å². The van der Waals surface area contributed by atoms with E-state index in [1.807, 2.05) is 0 Å². The summed E-state index contributed by atoms with van der Waals surface area (Å²) in [5, 5.41) is 30.8. The van der Waals surface area contributed by atoms with Crippen LogP contribution in [0.3, 0.4) is 0 Å². The largest absolute Gasteiger partial charge is 0.504 e. The number of nitrogens with one attached hydrogen (secondary N) is 1. The molecule has 0 spiro atoms. The molecule has 0 heterocycles. The smallest absolute Gasteiger partial charge is 0.256 e. The Balaban J connectivity index is 2.22. The number of benzene rings is 1. The van der Waals surface area contributed by atoms with Gasteiger partial charge in [-0.2, -0.15) is 5.26 Å². The fraction of sp³-hybridized carbons (Fsp3) is 0.385. The van der Waals surface area contributed by atoms with Crippen molar-refractivity contribution in [3.05, 3.63) is 23.8 Å². The Labute approximate surface area is 105 Å². The van der Waals surface area contributed by atoms with E-state index in [0.29, 0.717) is 12.8 Å². The summed E-state index contributed by atoms with van der Waals surface area (Å²) in [6.45, 7) is 0. The van der Waals surface area contributed by atoms with Crippen molar-refractivity contribution in [1.82, 2.24) is 5.32 Å². The number of para-hydroxylation sites is 1. The highest BCUT2D eigenvalue weighted by atomic mass is 16.3. The first-order chi connectivity index (χ1) is 8.58. The summed E-state index contributed by atoms with van der Waals surface area (Å²) in [5.41, 5.74) is -0.855. The molecule has 0 atom stereocenters. The fourth-order valence-corrected chi connectivity index (χ4v) is 2.24. The number of rotatable bonds is 2. The molecule has 0 bridgehead atoms. The van der Waals surface area contributed by atoms with Gasteiger partial charge in [0.2, 0.25) is 0 Å². The topological polar surface area (TPSA) is 93.4 Å². The van der Waals surface area contributed by atoms with Crippen LogP contribution < -0.4 is 5.32 Å². The minimum atomic E-state index is -0.838. The third-order valence-electron chi connectivity index (χ3n) is 3.28. The second kappa shape index (κ2) is 4.57. The number of phenolic OH excluding ortho intramolecular Hbond substituents is 2. The molecule has 0 unspecified atom stereocenters. The molecular weight excluding hydrogens is 232 g/mol. The highest BCUT2D eigenvalue weighted by Gasteiger charge is 2.36. The normalized spacial score (nSPS) is 17.1. The SMILES string of the molecule is N#CC1(NC(=O)c2cccc(O)c2O)CCCC1. The summed E-state index contributed by atoms with van der Waals surface area (Å²) >= 11 is 0. The Morgan fingerprint density at radius 2 is 2.00 bits per heavy atom. The van der Waals surface area contributed by atoms with Crippen LogP contribution in [0.1, 0.15) is 36.0 Å². The molecule has 1 aliphatic carbocycles. The maximum Gasteiger partial charge on any atom is 0.256 e. The minimum Gasteiger partial charge on any atom is -0.504 e. The monoisotopic (exact) mass is 246 g/mol. The summed E-state index contributed by atoms with van der Waals surface area (Å²) in [5.74, 6) is -1.34. The molecule has 1 amide bonds. The lowest BCUT2D eigenvalue weighted by Gasteiger charge is -2.22. The zero-order valence-corrected chi connectivity index (χ0v) is 9.81. The van der Waals surface area contributed by atoms with Crippen LogP contribution in [0.5, 0.6) is 11.5 Å². The standard InChI is InChI=1S/C13H14N2O3/c14-8-13(6-1-2-7-13)15-12(18)9-4-3-5-10(16)11(9)17/h3-5,16-17H,1-2,6-7H2,(H,15,18). The van der Waals surface area contributed by atoms with E-state index in [1.54, 1.807) is 0 Å². The van der Waals surface area contributed by atoms with Gasteiger partial charge in [-0.3, -0.25) is 4.79 Å². The Morgan fingerprint density at radius 3 is 2.61 bits per heavy atom. The molecule has 2 rings (SSSR count). The van der Waals surface area contributed by atoms with E-state index in [0.717, 1.165) is 12.8 Å². The van der Waals surface area contributed by atoms with Gasteiger partial charge in [0, 0.05) is 0 Å². The Hall–Kier alpha value is -2.22. The van der Waals surface area contributed by atoms with Crippen molar-refractivity contribution < 1.29 is 15.0 Å². The van der Waals surface area contributed by atoms with Crippen molar-refractivity contribution in [2.75, 3.05) is 0 Å². The van der Waals surface area contributed by atoms with Gasteiger partial charge in [0.1, 0.15) is 5.54 Å². The van der Waals surface area contributed by atoms with Crippen LogP contribution in [0.25, 0.3) is 0 Å². The first kappa shape index (κ1) is 12.2. The molecule has 0 aliphatic heterocycles. The first-order valence-electron chi connectivity index (χ1n) is 5.83. The number of carbonyl (C=O) groups excluding carboxylic acids is 1. The van der Waals surface area contributed by atoms with Crippen molar-refractivity contribution >= 4 is 5.91 Å². The lowest BCUT2D eigenvalue weighted by Crippen LogP contribution is -2.45. The van der Waals surface area contributed by atoms with Crippen LogP contribution in [-0.4, -0.2) is 21.7 Å². The third kappa shape index (κ3) is 2.09. The van der Waals surface area contributed by atoms with Crippen LogP contribution in [0.2, 0.25) is 0 Å². The van der Waals surface area contributed by atoms with Gasteiger partial charge in [0.05, 0.1) is 11.6 Å². The van der Waals surface area contributed by atoms with Gasteiger partial charge in [0.15, 0.2) is 11.5 Å². The minimum absolute atomic E-state index is 0.0171. The number of nitrogens with zero attached hydrogens (tertiary/aromatic N) is 1. The molecule has 0 saturated heterocycles. The van der Waals surface area contributed by atoms with E-state index in [4.69, 9.17) is 5.26 Å². The quantitative estimate of drug-likeness (QED) is 0.692. The van der Waals surface area contributed by atoms with Gasteiger partial charge in [-0.1, -0.05) is 6.07 Å². The van der Waals surface area contributed by atoms with Gasteiger partial charge < -0.3 is 15.5 Å². The van der Waals surface area contributed by atoms with Crippen molar-refractivity contribution in [3.63, 3.8) is 0 Å². The second-order valence-corrected chi connectivity index (χ2v) is 4.53. The number of hydrogen-bond acceptors (Lipinski definition) is 4. The van der Waals surface area contributed by atoms with Crippen LogP contribution in [0.4, 0.5) is 0 Å². The molecule has 0 radical (unpaired) electrons. The summed E-state index contributed by atoms with van der Waals surface area (Å²) in [7, 11) is 0. The molecule has 1 aliphatic rings. The lowest BCUT2D eigenvalue weighted by atomic mass is 9.99. The summed E-state index contributed by atoms with van der Waals surface area (Å²) in [6, 6.07) is 6.31. The molecule has 1 aromatic carbocycles. The van der Waals surface area contributed by atoms with Crippen LogP contribution in [0, 0.1) is 11.3 Å². The lowest BCUT2D eigenvalue weighted by molar-refractivity contribution is 0.0917. The van der Waals surface area contributed by atoms with E-state index in [-0.39, 0.29) is 11.3 Å². The Bertz CT molecular complexity index is 513. The molecule has 1 fully saturated rings. The maximum absolute atomic E-state index is 12.0. The molecule has 5 heteroatoms. The molecule has 0 aromatic heterocycles. The third-order valence-corrected chi connectivity index (χ3v) is 3.28. The van der Waals surface area contributed by atoms with Crippen molar-refractivity contribution in [3.8, 4) is 17.6 Å². The van der Waals surface area contributed by atoms with Gasteiger partial charge in [-0.25, -0.2) is 0 Å². The predicted molar refractivity (Wildman–Crippen MR) is 64.0 cm³/mol. The van der Waals surface area contributed by atoms with Crippen LogP contribution in [0.15, 0.2) is 18.2 Å². The van der Waals surface area contributed by atoms with E-state index in [9.17, 15) is 15.0 Å². The predicted octanol–water partition coefficient (Wildman–Crippen LogP) is 1.66. The molecule has 1 saturated carbocycles. The zero-order valence-electron chi connectivity index (χ0n) is 9.81. The number of carbonyl (C=O) groups is 1. The molecule has 3 N–H and O–H groups in total. The van der Waals surface area contributed by atoms with E-state index < -0.39 is 17.2 Å². The average molecular weight is 246 g/mol. The van der Waals surface area contributed by atoms with E-state index >= 15 is 0 Å². The van der Waals surface area contributed by atoms with Gasteiger partial charge in [-0.05, 0) is 37.8 Å². The van der Waals surface area contributed by atoms with Crippen LogP contribution in [-0.2, 0) is 0 Å². The van der Waals surface area contributed by atoms with Crippen LogP contribution >= 0.6 is 0 Å². The number of hydrogen-bond donors (Lipinski definition) is 3. The van der Waals surface area contributed by atoms with Gasteiger partial charge in [0.25, 0.3) is 5.91 Å². The summed E-state index contributed by atoms with van der Waals surface area (Å²) in [4.78, 5) is 12.0. The van der Waals surface area contributed by atoms with Crippen molar-refractivity contribution in [2.24, 2.45) is 0 Å². The summed E-state index contributed by atoms with van der Waals surface area (Å²) < 4.78 is 0. The summed E-state index contributed by atoms with van der Waals surface area (Å²) in [6.07, 6.45) is 3.04. The van der Waals surface area contributed by atoms with E-state index in [2.05, 4.69) is 11.4 Å². The molecule has 94 valence electrons. The number of nitriles is 1. The number of aromatic hydroxyl groups is 2. The second-order valence-electron chi connectivity index (χ2n) is 4.53. The highest BCUT2D eigenvalue weighted by molar-refractivity contribution is 5.98. The Kier molecular flexibility index (Phi) is 3.11. The fourth-order valence-electron chi connectivity index (χ4n) is 2.24. The van der Waals surface area contributed by atoms with Crippen molar-refractivity contribution in [2.45, 2.75) is 31.2 Å². The maximum atomic E-state index is 12.0. The molecule has 5 nitrogen and oxygen atoms in total.